The van der Waals surface area contributed by atoms with Gasteiger partial charge in [-0.25, -0.2) is 4.98 Å². The standard InChI is InChI=1S/C15H19F3N2O3/c1-23-8-6-14(13(21)22)5-2-7-20(10-14)12-4-3-11(9-19-12)15(16,17)18/h3-4,9H,2,5-8,10H2,1H3,(H,21,22)/t14-/m0/s1. The number of hydrogen-bond acceptors (Lipinski definition) is 4. The lowest BCUT2D eigenvalue weighted by atomic mass is 9.77. The van der Waals surface area contributed by atoms with Crippen molar-refractivity contribution >= 4 is 11.8 Å². The monoisotopic (exact) mass is 332 g/mol. The van der Waals surface area contributed by atoms with E-state index in [0.717, 1.165) is 12.3 Å². The van der Waals surface area contributed by atoms with Gasteiger partial charge in [-0.1, -0.05) is 0 Å². The van der Waals surface area contributed by atoms with Gasteiger partial charge in [0.25, 0.3) is 0 Å². The highest BCUT2D eigenvalue weighted by Gasteiger charge is 2.42. The first-order chi connectivity index (χ1) is 10.8. The Morgan fingerprint density at radius 2 is 2.22 bits per heavy atom. The minimum Gasteiger partial charge on any atom is -0.481 e. The lowest BCUT2D eigenvalue weighted by molar-refractivity contribution is -0.150. The summed E-state index contributed by atoms with van der Waals surface area (Å²) in [6, 6.07) is 2.26. The van der Waals surface area contributed by atoms with Crippen LogP contribution < -0.4 is 4.90 Å². The van der Waals surface area contributed by atoms with Gasteiger partial charge in [0, 0.05) is 33.0 Å². The number of aliphatic carboxylic acids is 1. The second kappa shape index (κ2) is 6.74. The van der Waals surface area contributed by atoms with E-state index in [1.807, 2.05) is 0 Å². The minimum absolute atomic E-state index is 0.212. The summed E-state index contributed by atoms with van der Waals surface area (Å²) in [6.45, 7) is 1.10. The van der Waals surface area contributed by atoms with Crippen LogP contribution in [0.25, 0.3) is 0 Å². The summed E-state index contributed by atoms with van der Waals surface area (Å²) < 4.78 is 42.7. The summed E-state index contributed by atoms with van der Waals surface area (Å²) in [6.07, 6.45) is -2.14. The van der Waals surface area contributed by atoms with Crippen LogP contribution in [0.1, 0.15) is 24.8 Å². The Balaban J connectivity index is 2.18. The number of ether oxygens (including phenoxy) is 1. The van der Waals surface area contributed by atoms with Gasteiger partial charge in [0.05, 0.1) is 11.0 Å². The third-order valence-electron chi connectivity index (χ3n) is 4.21. The number of carboxylic acid groups (broad SMARTS) is 1. The highest BCUT2D eigenvalue weighted by molar-refractivity contribution is 5.76. The number of piperidine rings is 1. The van der Waals surface area contributed by atoms with Crippen LogP contribution in [0.15, 0.2) is 18.3 Å². The average molecular weight is 332 g/mol. The number of methoxy groups -OCH3 is 1. The quantitative estimate of drug-likeness (QED) is 0.898. The second-order valence-electron chi connectivity index (χ2n) is 5.76. The molecule has 1 aromatic rings. The number of halogens is 3. The zero-order chi connectivity index (χ0) is 17.1. The molecule has 1 atom stereocenters. The van der Waals surface area contributed by atoms with Crippen molar-refractivity contribution in [1.29, 1.82) is 0 Å². The predicted octanol–water partition coefficient (Wildman–Crippen LogP) is 2.81. The summed E-state index contributed by atoms with van der Waals surface area (Å²) in [5, 5.41) is 9.58. The Bertz CT molecular complexity index is 548. The SMILES string of the molecule is COCC[C@@]1(C(=O)O)CCCN(c2ccc(C(F)(F)F)cn2)C1. The molecule has 0 amide bonds. The van der Waals surface area contributed by atoms with Crippen LogP contribution in [-0.4, -0.2) is 42.9 Å². The molecule has 2 rings (SSSR count). The Hall–Kier alpha value is -1.83. The van der Waals surface area contributed by atoms with Crippen LogP contribution >= 0.6 is 0 Å². The number of hydrogen-bond donors (Lipinski definition) is 1. The summed E-state index contributed by atoms with van der Waals surface area (Å²) in [4.78, 5) is 17.3. The molecule has 0 saturated carbocycles. The first-order valence-electron chi connectivity index (χ1n) is 7.29. The van der Waals surface area contributed by atoms with Gasteiger partial charge in [0.2, 0.25) is 0 Å². The number of pyridine rings is 1. The summed E-state index contributed by atoms with van der Waals surface area (Å²) in [5.41, 5.74) is -1.78. The normalized spacial score (nSPS) is 22.2. The van der Waals surface area contributed by atoms with E-state index < -0.39 is 23.1 Å². The average Bonchev–Trinajstić information content (AvgIpc) is 2.52. The molecule has 1 aliphatic heterocycles. The minimum atomic E-state index is -4.43. The lowest BCUT2D eigenvalue weighted by Crippen LogP contribution is -2.48. The van der Waals surface area contributed by atoms with Crippen LogP contribution in [-0.2, 0) is 15.7 Å². The molecular weight excluding hydrogens is 313 g/mol. The van der Waals surface area contributed by atoms with Gasteiger partial charge in [0.1, 0.15) is 5.82 Å². The molecule has 0 bridgehead atoms. The van der Waals surface area contributed by atoms with E-state index in [-0.39, 0.29) is 6.54 Å². The highest BCUT2D eigenvalue weighted by Crippen LogP contribution is 2.36. The van der Waals surface area contributed by atoms with Crippen LogP contribution in [0.4, 0.5) is 19.0 Å². The molecule has 0 aliphatic carbocycles. The van der Waals surface area contributed by atoms with Gasteiger partial charge in [0.15, 0.2) is 0 Å². The molecule has 1 N–H and O–H groups in total. The van der Waals surface area contributed by atoms with Crippen LogP contribution in [0, 0.1) is 5.41 Å². The Morgan fingerprint density at radius 3 is 2.74 bits per heavy atom. The second-order valence-corrected chi connectivity index (χ2v) is 5.76. The molecule has 0 unspecified atom stereocenters. The highest BCUT2D eigenvalue weighted by atomic mass is 19.4. The van der Waals surface area contributed by atoms with Crippen molar-refractivity contribution in [3.63, 3.8) is 0 Å². The number of carbonyl (C=O) groups is 1. The first kappa shape index (κ1) is 17.5. The number of anilines is 1. The topological polar surface area (TPSA) is 62.7 Å². The van der Waals surface area contributed by atoms with Crippen molar-refractivity contribution in [2.75, 3.05) is 31.7 Å². The van der Waals surface area contributed by atoms with Crippen molar-refractivity contribution in [3.8, 4) is 0 Å². The van der Waals surface area contributed by atoms with Gasteiger partial charge in [-0.05, 0) is 31.4 Å². The largest absolute Gasteiger partial charge is 0.481 e. The van der Waals surface area contributed by atoms with Gasteiger partial charge in [-0.15, -0.1) is 0 Å². The van der Waals surface area contributed by atoms with Gasteiger partial charge in [-0.2, -0.15) is 13.2 Å². The molecule has 5 nitrogen and oxygen atoms in total. The number of nitrogens with zero attached hydrogens (tertiary/aromatic N) is 2. The molecule has 0 radical (unpaired) electrons. The van der Waals surface area contributed by atoms with E-state index in [2.05, 4.69) is 4.98 Å². The third-order valence-corrected chi connectivity index (χ3v) is 4.21. The Morgan fingerprint density at radius 1 is 1.48 bits per heavy atom. The van der Waals surface area contributed by atoms with Crippen molar-refractivity contribution in [2.24, 2.45) is 5.41 Å². The van der Waals surface area contributed by atoms with Crippen LogP contribution in [0.3, 0.4) is 0 Å². The number of carboxylic acids is 1. The number of aromatic nitrogens is 1. The fraction of sp³-hybridized carbons (Fsp3) is 0.600. The molecule has 8 heteroatoms. The van der Waals surface area contributed by atoms with Crippen molar-refractivity contribution in [3.05, 3.63) is 23.9 Å². The maximum atomic E-state index is 12.6. The molecule has 0 spiro atoms. The Kier molecular flexibility index (Phi) is 5.13. The molecule has 1 aromatic heterocycles. The molecule has 23 heavy (non-hydrogen) atoms. The van der Waals surface area contributed by atoms with E-state index in [9.17, 15) is 23.1 Å². The number of alkyl halides is 3. The Labute approximate surface area is 132 Å². The fourth-order valence-electron chi connectivity index (χ4n) is 2.85. The van der Waals surface area contributed by atoms with Crippen LogP contribution in [0.5, 0.6) is 0 Å². The van der Waals surface area contributed by atoms with E-state index in [1.165, 1.54) is 13.2 Å². The third kappa shape index (κ3) is 3.93. The van der Waals surface area contributed by atoms with E-state index in [4.69, 9.17) is 4.74 Å². The summed E-state index contributed by atoms with van der Waals surface area (Å²) >= 11 is 0. The molecule has 128 valence electrons. The zero-order valence-electron chi connectivity index (χ0n) is 12.8. The van der Waals surface area contributed by atoms with Gasteiger partial charge in [-0.3, -0.25) is 4.79 Å². The van der Waals surface area contributed by atoms with Crippen molar-refractivity contribution < 1.29 is 27.8 Å². The molecule has 2 heterocycles. The lowest BCUT2D eigenvalue weighted by Gasteiger charge is -2.40. The van der Waals surface area contributed by atoms with Crippen LogP contribution in [0.2, 0.25) is 0 Å². The zero-order valence-corrected chi connectivity index (χ0v) is 12.8. The van der Waals surface area contributed by atoms with Crippen molar-refractivity contribution in [1.82, 2.24) is 4.98 Å². The summed E-state index contributed by atoms with van der Waals surface area (Å²) in [7, 11) is 1.51. The molecule has 0 aromatic carbocycles. The van der Waals surface area contributed by atoms with E-state index >= 15 is 0 Å². The fourth-order valence-corrected chi connectivity index (χ4v) is 2.85. The van der Waals surface area contributed by atoms with Crippen molar-refractivity contribution in [2.45, 2.75) is 25.4 Å². The molecule has 1 saturated heterocycles. The maximum absolute atomic E-state index is 12.6. The predicted molar refractivity (Wildman–Crippen MR) is 77.2 cm³/mol. The maximum Gasteiger partial charge on any atom is 0.417 e. The van der Waals surface area contributed by atoms with E-state index in [1.54, 1.807) is 4.90 Å². The molecule has 1 aliphatic rings. The summed E-state index contributed by atoms with van der Waals surface area (Å²) in [5.74, 6) is -0.549. The molecular formula is C15H19F3N2O3. The van der Waals surface area contributed by atoms with Gasteiger partial charge < -0.3 is 14.7 Å². The molecule has 1 fully saturated rings. The first-order valence-corrected chi connectivity index (χ1v) is 7.29. The number of rotatable bonds is 5. The van der Waals surface area contributed by atoms with Gasteiger partial charge >= 0.3 is 12.1 Å². The smallest absolute Gasteiger partial charge is 0.417 e. The van der Waals surface area contributed by atoms with E-state index in [0.29, 0.717) is 38.2 Å².